The van der Waals surface area contributed by atoms with Gasteiger partial charge in [-0.1, -0.05) is 18.2 Å². The summed E-state index contributed by atoms with van der Waals surface area (Å²) in [7, 11) is 0. The van der Waals surface area contributed by atoms with E-state index in [1.165, 1.54) is 0 Å². The number of nitrogens with two attached hydrogens (primary N) is 1. The summed E-state index contributed by atoms with van der Waals surface area (Å²) in [6, 6.07) is 11.0. The molecule has 3 heterocycles. The van der Waals surface area contributed by atoms with Crippen molar-refractivity contribution in [3.63, 3.8) is 0 Å². The number of carbonyl (C=O) groups is 1. The lowest BCUT2D eigenvalue weighted by Gasteiger charge is -2.22. The fourth-order valence-electron chi connectivity index (χ4n) is 3.90. The van der Waals surface area contributed by atoms with Crippen molar-refractivity contribution >= 4 is 17.7 Å². The number of pyridine rings is 1. The number of benzene rings is 1. The lowest BCUT2D eigenvalue weighted by Crippen LogP contribution is -2.32. The van der Waals surface area contributed by atoms with Gasteiger partial charge in [0.05, 0.1) is 30.1 Å². The van der Waals surface area contributed by atoms with Crippen molar-refractivity contribution in [3.8, 4) is 17.0 Å². The zero-order valence-corrected chi connectivity index (χ0v) is 19.5. The fourth-order valence-corrected chi connectivity index (χ4v) is 3.90. The first-order valence-corrected chi connectivity index (χ1v) is 11.5. The van der Waals surface area contributed by atoms with Crippen molar-refractivity contribution in [1.29, 1.82) is 0 Å². The van der Waals surface area contributed by atoms with Gasteiger partial charge in [-0.15, -0.1) is 0 Å². The van der Waals surface area contributed by atoms with Crippen molar-refractivity contribution < 1.29 is 14.3 Å². The van der Waals surface area contributed by atoms with Gasteiger partial charge in [0.15, 0.2) is 0 Å². The summed E-state index contributed by atoms with van der Waals surface area (Å²) in [4.78, 5) is 25.2. The number of amides is 1. The standard InChI is InChI=1S/C25H30N6O3/c1-16(2)34-18(8-11-27-24(32)17-6-4-3-5-7-17)14-29-23-19-10-13-33-22(19)20(15-30-23)21-9-12-28-25(26)31-21/h3-7,9,12,15-16,18H,8,10-11,13-14H2,1-2H3,(H,27,32)(H,29,30)(H2,26,28,31). The molecule has 0 radical (unpaired) electrons. The number of fused-ring (bicyclic) bond motifs is 1. The molecule has 1 atom stereocenters. The van der Waals surface area contributed by atoms with E-state index >= 15 is 0 Å². The number of aromatic nitrogens is 3. The predicted molar refractivity (Wildman–Crippen MR) is 131 cm³/mol. The van der Waals surface area contributed by atoms with E-state index < -0.39 is 0 Å². The van der Waals surface area contributed by atoms with Crippen LogP contribution in [0.3, 0.4) is 0 Å². The second kappa shape index (κ2) is 10.9. The average molecular weight is 463 g/mol. The Morgan fingerprint density at radius 1 is 1.21 bits per heavy atom. The summed E-state index contributed by atoms with van der Waals surface area (Å²) >= 11 is 0. The van der Waals surface area contributed by atoms with Crippen LogP contribution in [-0.4, -0.2) is 52.8 Å². The predicted octanol–water partition coefficient (Wildman–Crippen LogP) is 3.08. The number of nitrogens with zero attached hydrogens (tertiary/aromatic N) is 3. The molecule has 9 nitrogen and oxygen atoms in total. The summed E-state index contributed by atoms with van der Waals surface area (Å²) in [6.45, 7) is 5.65. The minimum atomic E-state index is -0.0998. The molecule has 1 aliphatic heterocycles. The van der Waals surface area contributed by atoms with Crippen molar-refractivity contribution in [2.75, 3.05) is 30.7 Å². The van der Waals surface area contributed by atoms with Crippen LogP contribution in [0.25, 0.3) is 11.3 Å². The number of hydrogen-bond acceptors (Lipinski definition) is 8. The molecular weight excluding hydrogens is 432 g/mol. The molecule has 0 bridgehead atoms. The highest BCUT2D eigenvalue weighted by atomic mass is 16.5. The van der Waals surface area contributed by atoms with Gasteiger partial charge >= 0.3 is 0 Å². The quantitative estimate of drug-likeness (QED) is 0.420. The number of anilines is 2. The number of hydrogen-bond donors (Lipinski definition) is 3. The maximum Gasteiger partial charge on any atom is 0.251 e. The zero-order valence-electron chi connectivity index (χ0n) is 19.5. The maximum absolute atomic E-state index is 12.3. The Hall–Kier alpha value is -3.72. The summed E-state index contributed by atoms with van der Waals surface area (Å²) in [5.41, 5.74) is 8.88. The number of nitrogen functional groups attached to an aromatic ring is 1. The van der Waals surface area contributed by atoms with E-state index in [0.717, 1.165) is 29.1 Å². The van der Waals surface area contributed by atoms with Gasteiger partial charge in [0.1, 0.15) is 11.6 Å². The molecule has 9 heteroatoms. The van der Waals surface area contributed by atoms with Crippen molar-refractivity contribution in [1.82, 2.24) is 20.3 Å². The second-order valence-corrected chi connectivity index (χ2v) is 8.33. The summed E-state index contributed by atoms with van der Waals surface area (Å²) in [5.74, 6) is 1.66. The van der Waals surface area contributed by atoms with Gasteiger partial charge in [0.2, 0.25) is 5.95 Å². The highest BCUT2D eigenvalue weighted by Crippen LogP contribution is 2.39. The monoisotopic (exact) mass is 462 g/mol. The first kappa shape index (κ1) is 23.4. The lowest BCUT2D eigenvalue weighted by molar-refractivity contribution is 0.0114. The molecule has 178 valence electrons. The van der Waals surface area contributed by atoms with Crippen LogP contribution in [0.2, 0.25) is 0 Å². The van der Waals surface area contributed by atoms with Crippen molar-refractivity contribution in [2.24, 2.45) is 0 Å². The van der Waals surface area contributed by atoms with Gasteiger partial charge in [0, 0.05) is 43.0 Å². The number of ether oxygens (including phenoxy) is 2. The molecule has 3 aromatic rings. The summed E-state index contributed by atoms with van der Waals surface area (Å²) in [6.07, 6.45) is 4.74. The van der Waals surface area contributed by atoms with E-state index in [0.29, 0.717) is 37.4 Å². The highest BCUT2D eigenvalue weighted by molar-refractivity contribution is 5.94. The molecule has 0 spiro atoms. The molecule has 34 heavy (non-hydrogen) atoms. The fraction of sp³-hybridized carbons (Fsp3) is 0.360. The molecule has 1 amide bonds. The number of carbonyl (C=O) groups excluding carboxylic acids is 1. The third-order valence-electron chi connectivity index (χ3n) is 5.43. The molecule has 1 aliphatic rings. The van der Waals surface area contributed by atoms with Crippen LogP contribution in [0.1, 0.15) is 36.2 Å². The molecule has 0 aliphatic carbocycles. The van der Waals surface area contributed by atoms with Crippen molar-refractivity contribution in [2.45, 2.75) is 38.9 Å². The van der Waals surface area contributed by atoms with E-state index in [-0.39, 0.29) is 24.1 Å². The number of nitrogens with one attached hydrogen (secondary N) is 2. The Morgan fingerprint density at radius 2 is 2.03 bits per heavy atom. The molecule has 0 saturated carbocycles. The smallest absolute Gasteiger partial charge is 0.251 e. The van der Waals surface area contributed by atoms with Crippen LogP contribution in [0, 0.1) is 0 Å². The zero-order chi connectivity index (χ0) is 23.9. The molecule has 0 fully saturated rings. The Kier molecular flexibility index (Phi) is 7.54. The summed E-state index contributed by atoms with van der Waals surface area (Å²) in [5, 5.41) is 6.39. The van der Waals surface area contributed by atoms with Crippen LogP contribution in [0.5, 0.6) is 5.75 Å². The minimum Gasteiger partial charge on any atom is -0.492 e. The van der Waals surface area contributed by atoms with Crippen LogP contribution in [-0.2, 0) is 11.2 Å². The van der Waals surface area contributed by atoms with Gasteiger partial charge in [-0.25, -0.2) is 15.0 Å². The first-order chi connectivity index (χ1) is 16.5. The topological polar surface area (TPSA) is 124 Å². The van der Waals surface area contributed by atoms with Gasteiger partial charge in [-0.2, -0.15) is 0 Å². The Bertz CT molecular complexity index is 1120. The molecule has 1 unspecified atom stereocenters. The average Bonchev–Trinajstić information content (AvgIpc) is 3.32. The Balaban J connectivity index is 1.40. The van der Waals surface area contributed by atoms with Gasteiger partial charge in [-0.05, 0) is 38.5 Å². The van der Waals surface area contributed by atoms with E-state index in [1.807, 2.05) is 32.0 Å². The van der Waals surface area contributed by atoms with E-state index in [9.17, 15) is 4.79 Å². The number of rotatable bonds is 10. The van der Waals surface area contributed by atoms with Crippen LogP contribution < -0.4 is 21.1 Å². The van der Waals surface area contributed by atoms with Crippen molar-refractivity contribution in [3.05, 3.63) is 59.9 Å². The van der Waals surface area contributed by atoms with Gasteiger partial charge in [0.25, 0.3) is 5.91 Å². The SMILES string of the molecule is CC(C)OC(CCNC(=O)c1ccccc1)CNc1ncc(-c2ccnc(N)n2)c2c1CCO2. The highest BCUT2D eigenvalue weighted by Gasteiger charge is 2.24. The third-order valence-corrected chi connectivity index (χ3v) is 5.43. The molecule has 4 N–H and O–H groups in total. The largest absolute Gasteiger partial charge is 0.492 e. The Labute approximate surface area is 199 Å². The summed E-state index contributed by atoms with van der Waals surface area (Å²) < 4.78 is 12.0. The first-order valence-electron chi connectivity index (χ1n) is 11.5. The van der Waals surface area contributed by atoms with Crippen LogP contribution >= 0.6 is 0 Å². The van der Waals surface area contributed by atoms with Gasteiger partial charge in [-0.3, -0.25) is 4.79 Å². The van der Waals surface area contributed by atoms with E-state index in [2.05, 4.69) is 25.6 Å². The second-order valence-electron chi connectivity index (χ2n) is 8.33. The van der Waals surface area contributed by atoms with Crippen LogP contribution in [0.15, 0.2) is 48.8 Å². The maximum atomic E-state index is 12.3. The Morgan fingerprint density at radius 3 is 2.79 bits per heavy atom. The minimum absolute atomic E-state index is 0.0595. The molecular formula is C25H30N6O3. The molecule has 1 aromatic carbocycles. The van der Waals surface area contributed by atoms with Gasteiger partial charge < -0.3 is 25.8 Å². The van der Waals surface area contributed by atoms with E-state index in [1.54, 1.807) is 30.6 Å². The third kappa shape index (κ3) is 5.79. The van der Waals surface area contributed by atoms with Crippen LogP contribution in [0.4, 0.5) is 11.8 Å². The lowest BCUT2D eigenvalue weighted by atomic mass is 10.1. The normalized spacial score (nSPS) is 13.3. The molecule has 2 aromatic heterocycles. The molecule has 0 saturated heterocycles. The molecule has 4 rings (SSSR count). The van der Waals surface area contributed by atoms with E-state index in [4.69, 9.17) is 15.2 Å².